The predicted octanol–water partition coefficient (Wildman–Crippen LogP) is -2.82. The molecule has 4 atom stereocenters. The second kappa shape index (κ2) is 13.4. The zero-order valence-corrected chi connectivity index (χ0v) is 18.1. The summed E-state index contributed by atoms with van der Waals surface area (Å²) in [7, 11) is 0. The highest BCUT2D eigenvalue weighted by atomic mass is 32.1. The summed E-state index contributed by atoms with van der Waals surface area (Å²) in [6, 6.07) is -5.22. The standard InChI is InChI=1S/C17H29N5O8S/c1-7(2)13(19)16(28)22-10(6-31)15(27)20-8(3-4-12(24)25)14(26)21-9(17(29)30)5-11(18)23/h7-10,13,31H,3-6,19H2,1-2H3,(H2,18,23)(H,20,27)(H,21,26)(H,22,28)(H,24,25)(H,29,30). The fourth-order valence-corrected chi connectivity index (χ4v) is 2.50. The van der Waals surface area contributed by atoms with Gasteiger partial charge in [0.1, 0.15) is 18.1 Å². The van der Waals surface area contributed by atoms with Gasteiger partial charge in [0.05, 0.1) is 12.5 Å². The Kier molecular flexibility index (Phi) is 12.2. The van der Waals surface area contributed by atoms with Crippen molar-refractivity contribution in [1.82, 2.24) is 16.0 Å². The summed E-state index contributed by atoms with van der Waals surface area (Å²) in [4.78, 5) is 70.2. The Morgan fingerprint density at radius 3 is 1.77 bits per heavy atom. The molecule has 0 spiro atoms. The highest BCUT2D eigenvalue weighted by Crippen LogP contribution is 2.04. The number of hydrogen-bond donors (Lipinski definition) is 8. The number of carbonyl (C=O) groups excluding carboxylic acids is 4. The van der Waals surface area contributed by atoms with Gasteiger partial charge in [0, 0.05) is 12.2 Å². The molecule has 0 saturated heterocycles. The van der Waals surface area contributed by atoms with Crippen molar-refractivity contribution in [1.29, 1.82) is 0 Å². The summed E-state index contributed by atoms with van der Waals surface area (Å²) in [5.41, 5.74) is 10.7. The van der Waals surface area contributed by atoms with E-state index in [0.717, 1.165) is 0 Å². The molecule has 0 rings (SSSR count). The number of amides is 4. The van der Waals surface area contributed by atoms with Crippen LogP contribution in [0.4, 0.5) is 0 Å². The van der Waals surface area contributed by atoms with Gasteiger partial charge in [-0.25, -0.2) is 4.79 Å². The number of nitrogens with one attached hydrogen (secondary N) is 3. The molecule has 4 unspecified atom stereocenters. The van der Waals surface area contributed by atoms with Crippen LogP contribution < -0.4 is 27.4 Å². The number of primary amides is 1. The third kappa shape index (κ3) is 10.6. The van der Waals surface area contributed by atoms with Crippen molar-refractivity contribution in [2.75, 3.05) is 5.75 Å². The molecule has 0 aliphatic rings. The van der Waals surface area contributed by atoms with Crippen molar-refractivity contribution in [2.45, 2.75) is 57.3 Å². The lowest BCUT2D eigenvalue weighted by molar-refractivity contribution is -0.144. The second-order valence-corrected chi connectivity index (χ2v) is 7.44. The molecule has 0 aromatic rings. The number of carboxylic acids is 2. The van der Waals surface area contributed by atoms with E-state index in [1.165, 1.54) is 0 Å². The molecule has 0 aromatic carbocycles. The van der Waals surface area contributed by atoms with E-state index in [1.807, 2.05) is 5.32 Å². The van der Waals surface area contributed by atoms with Crippen LogP contribution in [0.2, 0.25) is 0 Å². The van der Waals surface area contributed by atoms with Gasteiger partial charge in [-0.1, -0.05) is 13.8 Å². The third-order valence-corrected chi connectivity index (χ3v) is 4.50. The van der Waals surface area contributed by atoms with E-state index in [0.29, 0.717) is 0 Å². The number of aliphatic carboxylic acids is 2. The van der Waals surface area contributed by atoms with E-state index < -0.39 is 72.6 Å². The molecule has 0 radical (unpaired) electrons. The SMILES string of the molecule is CC(C)C(N)C(=O)NC(CS)C(=O)NC(CCC(=O)O)C(=O)NC(CC(N)=O)C(=O)O. The highest BCUT2D eigenvalue weighted by Gasteiger charge is 2.31. The Labute approximate surface area is 184 Å². The predicted molar refractivity (Wildman–Crippen MR) is 111 cm³/mol. The number of rotatable bonds is 14. The Bertz CT molecular complexity index is 702. The van der Waals surface area contributed by atoms with Crippen molar-refractivity contribution in [3.8, 4) is 0 Å². The van der Waals surface area contributed by atoms with Gasteiger partial charge in [-0.2, -0.15) is 12.6 Å². The minimum atomic E-state index is -1.67. The summed E-state index contributed by atoms with van der Waals surface area (Å²) in [6.07, 6.45) is -1.61. The summed E-state index contributed by atoms with van der Waals surface area (Å²) < 4.78 is 0. The quantitative estimate of drug-likeness (QED) is 0.124. The second-order valence-electron chi connectivity index (χ2n) is 7.08. The molecule has 0 aromatic heterocycles. The lowest BCUT2D eigenvalue weighted by atomic mass is 10.0. The molecule has 9 N–H and O–H groups in total. The van der Waals surface area contributed by atoms with E-state index >= 15 is 0 Å². The summed E-state index contributed by atoms with van der Waals surface area (Å²) in [5, 5.41) is 24.7. The van der Waals surface area contributed by atoms with Crippen molar-refractivity contribution < 1.29 is 39.0 Å². The lowest BCUT2D eigenvalue weighted by Crippen LogP contribution is -2.58. The molecule has 4 amide bonds. The minimum absolute atomic E-state index is 0.158. The summed E-state index contributed by atoms with van der Waals surface area (Å²) >= 11 is 3.99. The van der Waals surface area contributed by atoms with Crippen molar-refractivity contribution >= 4 is 48.2 Å². The van der Waals surface area contributed by atoms with Crippen LogP contribution >= 0.6 is 12.6 Å². The molecular weight excluding hydrogens is 434 g/mol. The first-order valence-electron chi connectivity index (χ1n) is 9.30. The van der Waals surface area contributed by atoms with Crippen LogP contribution in [0.25, 0.3) is 0 Å². The van der Waals surface area contributed by atoms with Gasteiger partial charge in [-0.3, -0.25) is 24.0 Å². The highest BCUT2D eigenvalue weighted by molar-refractivity contribution is 7.80. The normalized spacial score (nSPS) is 14.6. The molecule has 0 bridgehead atoms. The van der Waals surface area contributed by atoms with Gasteiger partial charge >= 0.3 is 11.9 Å². The molecular formula is C17H29N5O8S. The van der Waals surface area contributed by atoms with E-state index in [4.69, 9.17) is 21.7 Å². The molecule has 31 heavy (non-hydrogen) atoms. The zero-order valence-electron chi connectivity index (χ0n) is 17.2. The van der Waals surface area contributed by atoms with Gasteiger partial charge in [0.15, 0.2) is 0 Å². The van der Waals surface area contributed by atoms with Gasteiger partial charge in [0.2, 0.25) is 23.6 Å². The molecule has 0 saturated carbocycles. The molecule has 0 aliphatic carbocycles. The third-order valence-electron chi connectivity index (χ3n) is 4.14. The van der Waals surface area contributed by atoms with E-state index in [-0.39, 0.29) is 18.1 Å². The number of thiol groups is 1. The van der Waals surface area contributed by atoms with Crippen molar-refractivity contribution in [3.05, 3.63) is 0 Å². The Balaban J connectivity index is 5.38. The van der Waals surface area contributed by atoms with E-state index in [2.05, 4.69) is 23.3 Å². The fourth-order valence-electron chi connectivity index (χ4n) is 2.25. The number of carboxylic acid groups (broad SMARTS) is 2. The average molecular weight is 464 g/mol. The fraction of sp³-hybridized carbons (Fsp3) is 0.647. The van der Waals surface area contributed by atoms with Gasteiger partial charge in [-0.15, -0.1) is 0 Å². The van der Waals surface area contributed by atoms with Crippen LogP contribution in [0.5, 0.6) is 0 Å². The maximum absolute atomic E-state index is 12.5. The van der Waals surface area contributed by atoms with Crippen LogP contribution in [-0.4, -0.2) is 75.7 Å². The Morgan fingerprint density at radius 1 is 0.871 bits per heavy atom. The molecule has 0 fully saturated rings. The first-order valence-corrected chi connectivity index (χ1v) is 9.93. The molecule has 0 heterocycles. The van der Waals surface area contributed by atoms with Crippen LogP contribution in [0.15, 0.2) is 0 Å². The number of hydrogen-bond acceptors (Lipinski definition) is 8. The average Bonchev–Trinajstić information content (AvgIpc) is 2.66. The Hall–Kier alpha value is -2.87. The summed E-state index contributed by atoms with van der Waals surface area (Å²) in [6.45, 7) is 3.41. The monoisotopic (exact) mass is 463 g/mol. The maximum atomic E-state index is 12.5. The smallest absolute Gasteiger partial charge is 0.326 e. The zero-order chi connectivity index (χ0) is 24.3. The minimum Gasteiger partial charge on any atom is -0.481 e. The van der Waals surface area contributed by atoms with E-state index in [9.17, 15) is 28.8 Å². The van der Waals surface area contributed by atoms with Gasteiger partial charge < -0.3 is 37.6 Å². The van der Waals surface area contributed by atoms with Crippen LogP contribution in [0.3, 0.4) is 0 Å². The lowest BCUT2D eigenvalue weighted by Gasteiger charge is -2.24. The molecule has 176 valence electrons. The number of carbonyl (C=O) groups is 6. The molecule has 13 nitrogen and oxygen atoms in total. The number of nitrogens with two attached hydrogens (primary N) is 2. The first-order chi connectivity index (χ1) is 14.3. The molecule has 14 heteroatoms. The largest absolute Gasteiger partial charge is 0.481 e. The van der Waals surface area contributed by atoms with Crippen LogP contribution in [-0.2, 0) is 28.8 Å². The van der Waals surface area contributed by atoms with Gasteiger partial charge in [0.25, 0.3) is 0 Å². The summed E-state index contributed by atoms with van der Waals surface area (Å²) in [5.74, 6) is -6.68. The molecule has 0 aliphatic heterocycles. The van der Waals surface area contributed by atoms with Crippen LogP contribution in [0, 0.1) is 5.92 Å². The van der Waals surface area contributed by atoms with Gasteiger partial charge in [-0.05, 0) is 12.3 Å². The first kappa shape index (κ1) is 28.1. The Morgan fingerprint density at radius 2 is 1.35 bits per heavy atom. The maximum Gasteiger partial charge on any atom is 0.326 e. The van der Waals surface area contributed by atoms with Crippen molar-refractivity contribution in [2.24, 2.45) is 17.4 Å². The van der Waals surface area contributed by atoms with Crippen LogP contribution in [0.1, 0.15) is 33.1 Å². The van der Waals surface area contributed by atoms with E-state index in [1.54, 1.807) is 13.8 Å². The topological polar surface area (TPSA) is 231 Å². The van der Waals surface area contributed by atoms with Crippen molar-refractivity contribution in [3.63, 3.8) is 0 Å².